The maximum Gasteiger partial charge on any atom is 0.254 e. The van der Waals surface area contributed by atoms with Gasteiger partial charge in [0, 0.05) is 31.6 Å². The van der Waals surface area contributed by atoms with E-state index in [0.29, 0.717) is 31.7 Å². The fraction of sp³-hybridized carbons (Fsp3) is 0.160. The van der Waals surface area contributed by atoms with Crippen LogP contribution in [-0.2, 0) is 0 Å². The van der Waals surface area contributed by atoms with E-state index < -0.39 is 0 Å². The van der Waals surface area contributed by atoms with Gasteiger partial charge >= 0.3 is 0 Å². The summed E-state index contributed by atoms with van der Waals surface area (Å²) in [5.41, 5.74) is 3.15. The van der Waals surface area contributed by atoms with Crippen LogP contribution in [-0.4, -0.2) is 47.0 Å². The van der Waals surface area contributed by atoms with Crippen molar-refractivity contribution in [3.63, 3.8) is 0 Å². The van der Waals surface area contributed by atoms with Gasteiger partial charge in [-0.1, -0.05) is 35.6 Å². The Morgan fingerprint density at radius 1 is 0.909 bits per heavy atom. The number of carbonyl (C=O) groups excluding carboxylic acids is 1. The third-order valence-corrected chi connectivity index (χ3v) is 7.87. The predicted octanol–water partition coefficient (Wildman–Crippen LogP) is 5.67. The molecule has 33 heavy (non-hydrogen) atoms. The highest BCUT2D eigenvalue weighted by atomic mass is 32.1. The van der Waals surface area contributed by atoms with Gasteiger partial charge in [-0.15, -0.1) is 11.3 Å². The molecule has 1 aliphatic heterocycles. The lowest BCUT2D eigenvalue weighted by molar-refractivity contribution is 0.0748. The molecule has 0 unspecified atom stereocenters. The highest BCUT2D eigenvalue weighted by Crippen LogP contribution is 2.31. The second-order valence-electron chi connectivity index (χ2n) is 7.94. The number of hydrogen-bond donors (Lipinski definition) is 0. The van der Waals surface area contributed by atoms with Gasteiger partial charge in [0.1, 0.15) is 5.82 Å². The molecule has 0 spiro atoms. The van der Waals surface area contributed by atoms with Gasteiger partial charge in [-0.2, -0.15) is 0 Å². The largest absolute Gasteiger partial charge is 0.345 e. The molecule has 5 nitrogen and oxygen atoms in total. The smallest absolute Gasteiger partial charge is 0.254 e. The number of thiazole rings is 1. The Hall–Kier alpha value is -3.36. The molecule has 2 aromatic carbocycles. The van der Waals surface area contributed by atoms with Crippen LogP contribution in [0.5, 0.6) is 0 Å². The van der Waals surface area contributed by atoms with Crippen molar-refractivity contribution in [3.05, 3.63) is 77.4 Å². The Morgan fingerprint density at radius 3 is 2.58 bits per heavy atom. The molecule has 6 rings (SSSR count). The molecule has 1 aliphatic rings. The highest BCUT2D eigenvalue weighted by molar-refractivity contribution is 7.22. The predicted molar refractivity (Wildman–Crippen MR) is 133 cm³/mol. The normalized spacial score (nSPS) is 14.3. The molecule has 1 fully saturated rings. The molecule has 5 aromatic rings. The number of rotatable bonds is 3. The number of aromatic nitrogens is 2. The lowest BCUT2D eigenvalue weighted by Gasteiger charge is -2.34. The summed E-state index contributed by atoms with van der Waals surface area (Å²) in [6, 6.07) is 18.4. The number of pyridine rings is 1. The van der Waals surface area contributed by atoms with Crippen LogP contribution in [0.3, 0.4) is 0 Å². The van der Waals surface area contributed by atoms with Crippen molar-refractivity contribution in [3.8, 4) is 10.6 Å². The zero-order valence-corrected chi connectivity index (χ0v) is 19.2. The fourth-order valence-corrected chi connectivity index (χ4v) is 5.92. The van der Waals surface area contributed by atoms with Crippen molar-refractivity contribution in [2.75, 3.05) is 31.1 Å². The summed E-state index contributed by atoms with van der Waals surface area (Å²) in [4.78, 5) is 28.2. The molecule has 3 aromatic heterocycles. The summed E-state index contributed by atoms with van der Waals surface area (Å²) in [6.45, 7) is 2.59. The third kappa shape index (κ3) is 3.75. The second-order valence-corrected chi connectivity index (χ2v) is 9.89. The van der Waals surface area contributed by atoms with Crippen LogP contribution in [0.15, 0.2) is 66.0 Å². The maximum absolute atomic E-state index is 13.6. The number of para-hydroxylation sites is 1. The van der Waals surface area contributed by atoms with E-state index in [2.05, 4.69) is 9.88 Å². The number of halogens is 1. The number of nitrogens with zero attached hydrogens (tertiary/aromatic N) is 4. The van der Waals surface area contributed by atoms with Crippen LogP contribution in [0, 0.1) is 5.82 Å². The summed E-state index contributed by atoms with van der Waals surface area (Å²) < 4.78 is 14.4. The van der Waals surface area contributed by atoms with Crippen LogP contribution in [0.2, 0.25) is 0 Å². The van der Waals surface area contributed by atoms with Crippen LogP contribution in [0.25, 0.3) is 31.7 Å². The van der Waals surface area contributed by atoms with E-state index in [4.69, 9.17) is 4.98 Å². The molecular weight excluding hydrogens is 455 g/mol. The van der Waals surface area contributed by atoms with Crippen LogP contribution < -0.4 is 4.90 Å². The average molecular weight is 475 g/mol. The Morgan fingerprint density at radius 2 is 1.76 bits per heavy atom. The first-order valence-electron chi connectivity index (χ1n) is 10.7. The number of benzene rings is 2. The van der Waals surface area contributed by atoms with E-state index >= 15 is 0 Å². The fourth-order valence-electron chi connectivity index (χ4n) is 4.20. The summed E-state index contributed by atoms with van der Waals surface area (Å²) >= 11 is 3.11. The van der Waals surface area contributed by atoms with Gasteiger partial charge in [-0.05, 0) is 41.8 Å². The molecule has 0 bridgehead atoms. The topological polar surface area (TPSA) is 49.3 Å². The van der Waals surface area contributed by atoms with Crippen molar-refractivity contribution in [2.45, 2.75) is 0 Å². The van der Waals surface area contributed by atoms with E-state index in [1.54, 1.807) is 17.4 Å². The van der Waals surface area contributed by atoms with Gasteiger partial charge in [0.15, 0.2) is 5.13 Å². The maximum atomic E-state index is 13.6. The van der Waals surface area contributed by atoms with Crippen LogP contribution in [0.4, 0.5) is 9.52 Å². The molecular formula is C25H19FN4OS2. The Balaban J connectivity index is 1.26. The van der Waals surface area contributed by atoms with Crippen molar-refractivity contribution in [1.82, 2.24) is 14.9 Å². The van der Waals surface area contributed by atoms with Gasteiger partial charge in [0.25, 0.3) is 5.91 Å². The minimum Gasteiger partial charge on any atom is -0.345 e. The molecule has 0 N–H and O–H groups in total. The molecule has 1 amide bonds. The van der Waals surface area contributed by atoms with E-state index in [1.165, 1.54) is 23.5 Å². The quantitative estimate of drug-likeness (QED) is 0.338. The molecule has 1 saturated heterocycles. The first-order valence-corrected chi connectivity index (χ1v) is 12.4. The summed E-state index contributed by atoms with van der Waals surface area (Å²) in [6.07, 6.45) is 0. The highest BCUT2D eigenvalue weighted by Gasteiger charge is 2.26. The Bertz CT molecular complexity index is 1470. The van der Waals surface area contributed by atoms with E-state index in [0.717, 1.165) is 36.8 Å². The number of carbonyl (C=O) groups is 1. The van der Waals surface area contributed by atoms with Gasteiger partial charge in [0.05, 0.1) is 31.9 Å². The van der Waals surface area contributed by atoms with Crippen molar-refractivity contribution in [1.29, 1.82) is 0 Å². The number of amides is 1. The van der Waals surface area contributed by atoms with Crippen molar-refractivity contribution < 1.29 is 9.18 Å². The number of fused-ring (bicyclic) bond motifs is 2. The van der Waals surface area contributed by atoms with Gasteiger partial charge in [-0.25, -0.2) is 14.4 Å². The third-order valence-electron chi connectivity index (χ3n) is 5.90. The van der Waals surface area contributed by atoms with Crippen molar-refractivity contribution >= 4 is 54.8 Å². The van der Waals surface area contributed by atoms with Crippen molar-refractivity contribution in [2.24, 2.45) is 0 Å². The zero-order valence-electron chi connectivity index (χ0n) is 17.6. The first-order chi connectivity index (χ1) is 16.2. The monoisotopic (exact) mass is 474 g/mol. The summed E-state index contributed by atoms with van der Waals surface area (Å²) in [5, 5.41) is 3.76. The first kappa shape index (κ1) is 20.3. The number of anilines is 1. The molecule has 0 saturated carbocycles. The molecule has 8 heteroatoms. The minimum atomic E-state index is -0.250. The number of thiophene rings is 1. The Labute approximate surface area is 197 Å². The van der Waals surface area contributed by atoms with Gasteiger partial charge < -0.3 is 9.80 Å². The van der Waals surface area contributed by atoms with E-state index in [-0.39, 0.29) is 11.7 Å². The summed E-state index contributed by atoms with van der Waals surface area (Å²) in [5.74, 6) is -0.225. The molecule has 4 heterocycles. The molecule has 164 valence electrons. The minimum absolute atomic E-state index is 0.0254. The number of piperazine rings is 1. The van der Waals surface area contributed by atoms with Gasteiger partial charge in [0.2, 0.25) is 0 Å². The lowest BCUT2D eigenvalue weighted by Crippen LogP contribution is -2.48. The average Bonchev–Trinajstić information content (AvgIpc) is 3.53. The van der Waals surface area contributed by atoms with Crippen LogP contribution >= 0.6 is 22.7 Å². The SMILES string of the molecule is O=C(c1cc(-c2cccs2)nc2ccccc12)N1CCN(c2nc3ccc(F)cc3s2)CC1. The van der Waals surface area contributed by atoms with E-state index in [9.17, 15) is 9.18 Å². The standard InChI is InChI=1S/C25H19FN4OS2/c26-16-7-8-20-23(14-16)33-25(28-20)30-11-9-29(10-12-30)24(31)18-15-21(22-6-3-13-32-22)27-19-5-2-1-4-17(18)19/h1-8,13-15H,9-12H2. The molecule has 0 atom stereocenters. The second kappa shape index (κ2) is 8.20. The Kier molecular flexibility index (Phi) is 5.04. The zero-order chi connectivity index (χ0) is 22.4. The molecule has 0 radical (unpaired) electrons. The molecule has 0 aliphatic carbocycles. The lowest BCUT2D eigenvalue weighted by atomic mass is 10.1. The van der Waals surface area contributed by atoms with Crippen LogP contribution in [0.1, 0.15) is 10.4 Å². The van der Waals surface area contributed by atoms with E-state index in [1.807, 2.05) is 52.7 Å². The number of hydrogen-bond acceptors (Lipinski definition) is 6. The summed E-state index contributed by atoms with van der Waals surface area (Å²) in [7, 11) is 0. The van der Waals surface area contributed by atoms with Gasteiger partial charge in [-0.3, -0.25) is 4.79 Å².